The van der Waals surface area contributed by atoms with Gasteiger partial charge in [-0.15, -0.1) is 0 Å². The summed E-state index contributed by atoms with van der Waals surface area (Å²) in [6.07, 6.45) is 2.99. The number of carbonyl (C=O) groups is 2. The van der Waals surface area contributed by atoms with Crippen molar-refractivity contribution < 1.29 is 18.7 Å². The van der Waals surface area contributed by atoms with Crippen LogP contribution in [-0.4, -0.2) is 19.0 Å². The summed E-state index contributed by atoms with van der Waals surface area (Å²) >= 11 is 11.7. The molecule has 2 aromatic rings. The Bertz CT molecular complexity index is 796. The van der Waals surface area contributed by atoms with Crippen molar-refractivity contribution in [3.05, 3.63) is 63.0 Å². The molecule has 5 nitrogen and oxygen atoms in total. The van der Waals surface area contributed by atoms with Crippen LogP contribution in [0.1, 0.15) is 27.4 Å². The number of halogens is 2. The van der Waals surface area contributed by atoms with Crippen LogP contribution in [-0.2, 0) is 16.1 Å². The van der Waals surface area contributed by atoms with E-state index in [4.69, 9.17) is 27.6 Å². The molecule has 2 rings (SSSR count). The van der Waals surface area contributed by atoms with Gasteiger partial charge in [-0.25, -0.2) is 4.79 Å². The van der Waals surface area contributed by atoms with E-state index in [9.17, 15) is 9.59 Å². The van der Waals surface area contributed by atoms with Crippen LogP contribution in [0.4, 0.5) is 0 Å². The van der Waals surface area contributed by atoms with E-state index in [-0.39, 0.29) is 12.5 Å². The Morgan fingerprint density at radius 1 is 1.25 bits per heavy atom. The molecule has 0 bridgehead atoms. The number of hydrogen-bond acceptors (Lipinski definition) is 4. The summed E-state index contributed by atoms with van der Waals surface area (Å²) in [5, 5.41) is 3.53. The standard InChI is InChI=1S/C17H15Cl2NO4/c1-10-13(17(22)23-2)8-12(24-10)9-20-16(21)6-4-11-3-5-14(18)15(19)7-11/h3-8H,9H2,1-2H3,(H,20,21). The summed E-state index contributed by atoms with van der Waals surface area (Å²) < 4.78 is 10.1. The van der Waals surface area contributed by atoms with E-state index in [0.29, 0.717) is 27.1 Å². The summed E-state index contributed by atoms with van der Waals surface area (Å²) in [5.41, 5.74) is 1.09. The van der Waals surface area contributed by atoms with E-state index < -0.39 is 5.97 Å². The first-order chi connectivity index (χ1) is 11.4. The number of benzene rings is 1. The van der Waals surface area contributed by atoms with Crippen LogP contribution in [0.3, 0.4) is 0 Å². The van der Waals surface area contributed by atoms with Gasteiger partial charge in [0.25, 0.3) is 0 Å². The van der Waals surface area contributed by atoms with Crippen molar-refractivity contribution in [2.75, 3.05) is 7.11 Å². The summed E-state index contributed by atoms with van der Waals surface area (Å²) in [6.45, 7) is 1.81. The Labute approximate surface area is 149 Å². The molecule has 126 valence electrons. The van der Waals surface area contributed by atoms with Gasteiger partial charge < -0.3 is 14.5 Å². The highest BCUT2D eigenvalue weighted by atomic mass is 35.5. The maximum atomic E-state index is 11.8. The Balaban J connectivity index is 1.94. The zero-order valence-electron chi connectivity index (χ0n) is 13.1. The monoisotopic (exact) mass is 367 g/mol. The molecule has 24 heavy (non-hydrogen) atoms. The minimum atomic E-state index is -0.478. The highest BCUT2D eigenvalue weighted by Gasteiger charge is 2.15. The number of hydrogen-bond donors (Lipinski definition) is 1. The van der Waals surface area contributed by atoms with Gasteiger partial charge in [-0.3, -0.25) is 4.79 Å². The zero-order chi connectivity index (χ0) is 17.7. The van der Waals surface area contributed by atoms with Gasteiger partial charge in [-0.2, -0.15) is 0 Å². The van der Waals surface area contributed by atoms with Crippen LogP contribution in [0.25, 0.3) is 6.08 Å². The topological polar surface area (TPSA) is 68.5 Å². The van der Waals surface area contributed by atoms with E-state index in [0.717, 1.165) is 5.56 Å². The molecule has 1 amide bonds. The number of ether oxygens (including phenoxy) is 1. The van der Waals surface area contributed by atoms with Crippen LogP contribution in [0.2, 0.25) is 10.0 Å². The molecule has 0 aliphatic heterocycles. The Morgan fingerprint density at radius 2 is 2.00 bits per heavy atom. The van der Waals surface area contributed by atoms with Gasteiger partial charge >= 0.3 is 5.97 Å². The number of carbonyl (C=O) groups excluding carboxylic acids is 2. The predicted octanol–water partition coefficient (Wildman–Crippen LogP) is 4.01. The SMILES string of the molecule is COC(=O)c1cc(CNC(=O)C=Cc2ccc(Cl)c(Cl)c2)oc1C. The Morgan fingerprint density at radius 3 is 2.67 bits per heavy atom. The van der Waals surface area contributed by atoms with Crippen LogP contribution in [0.15, 0.2) is 34.8 Å². The third kappa shape index (κ3) is 4.63. The van der Waals surface area contributed by atoms with Crippen molar-refractivity contribution in [2.45, 2.75) is 13.5 Å². The van der Waals surface area contributed by atoms with Gasteiger partial charge in [0.15, 0.2) is 0 Å². The molecule has 0 radical (unpaired) electrons. The van der Waals surface area contributed by atoms with Crippen molar-refractivity contribution in [1.82, 2.24) is 5.32 Å². The van der Waals surface area contributed by atoms with Crippen molar-refractivity contribution in [3.63, 3.8) is 0 Å². The molecular weight excluding hydrogens is 353 g/mol. The molecule has 0 aliphatic rings. The lowest BCUT2D eigenvalue weighted by Gasteiger charge is -2.00. The third-order valence-electron chi connectivity index (χ3n) is 3.18. The van der Waals surface area contributed by atoms with Gasteiger partial charge in [0.05, 0.1) is 23.7 Å². The summed E-state index contributed by atoms with van der Waals surface area (Å²) in [6, 6.07) is 6.61. The molecule has 0 spiro atoms. The Kier molecular flexibility index (Phi) is 6.06. The molecule has 0 fully saturated rings. The fourth-order valence-corrected chi connectivity index (χ4v) is 2.27. The van der Waals surface area contributed by atoms with Gasteiger partial charge in [0, 0.05) is 6.08 Å². The number of esters is 1. The van der Waals surface area contributed by atoms with Crippen LogP contribution < -0.4 is 5.32 Å². The van der Waals surface area contributed by atoms with Crippen molar-refractivity contribution in [2.24, 2.45) is 0 Å². The minimum Gasteiger partial charge on any atom is -0.465 e. The quantitative estimate of drug-likeness (QED) is 0.640. The van der Waals surface area contributed by atoms with E-state index in [1.165, 1.54) is 13.2 Å². The van der Waals surface area contributed by atoms with E-state index in [1.54, 1.807) is 37.3 Å². The largest absolute Gasteiger partial charge is 0.465 e. The van der Waals surface area contributed by atoms with E-state index >= 15 is 0 Å². The summed E-state index contributed by atoms with van der Waals surface area (Å²) in [5.74, 6) is 0.115. The van der Waals surface area contributed by atoms with Gasteiger partial charge in [0.2, 0.25) is 5.91 Å². The maximum Gasteiger partial charge on any atom is 0.341 e. The predicted molar refractivity (Wildman–Crippen MR) is 92.1 cm³/mol. The zero-order valence-corrected chi connectivity index (χ0v) is 14.6. The maximum absolute atomic E-state index is 11.8. The summed E-state index contributed by atoms with van der Waals surface area (Å²) in [7, 11) is 1.30. The van der Waals surface area contributed by atoms with Crippen LogP contribution in [0, 0.1) is 6.92 Å². The molecule has 0 atom stereocenters. The second kappa shape index (κ2) is 8.04. The van der Waals surface area contributed by atoms with Crippen LogP contribution in [0.5, 0.6) is 0 Å². The van der Waals surface area contributed by atoms with Gasteiger partial charge in [-0.1, -0.05) is 29.3 Å². The lowest BCUT2D eigenvalue weighted by atomic mass is 10.2. The number of nitrogens with one attached hydrogen (secondary N) is 1. The average Bonchev–Trinajstić information content (AvgIpc) is 2.94. The Hall–Kier alpha value is -2.24. The molecule has 1 heterocycles. The molecule has 1 N–H and O–H groups in total. The highest BCUT2D eigenvalue weighted by Crippen LogP contribution is 2.23. The summed E-state index contributed by atoms with van der Waals surface area (Å²) in [4.78, 5) is 23.3. The second-order valence-electron chi connectivity index (χ2n) is 4.90. The van der Waals surface area contributed by atoms with Crippen molar-refractivity contribution in [1.29, 1.82) is 0 Å². The molecule has 0 unspecified atom stereocenters. The number of rotatable bonds is 5. The number of methoxy groups -OCH3 is 1. The lowest BCUT2D eigenvalue weighted by Crippen LogP contribution is -2.19. The fraction of sp³-hybridized carbons (Fsp3) is 0.176. The number of furan rings is 1. The fourth-order valence-electron chi connectivity index (χ4n) is 1.96. The second-order valence-corrected chi connectivity index (χ2v) is 5.71. The van der Waals surface area contributed by atoms with Gasteiger partial charge in [-0.05, 0) is 36.8 Å². The number of aryl methyl sites for hydroxylation is 1. The normalized spacial score (nSPS) is 10.8. The van der Waals surface area contributed by atoms with E-state index in [2.05, 4.69) is 10.1 Å². The molecule has 0 saturated carbocycles. The molecular formula is C17H15Cl2NO4. The lowest BCUT2D eigenvalue weighted by molar-refractivity contribution is -0.116. The molecule has 1 aromatic heterocycles. The molecule has 0 aliphatic carbocycles. The molecule has 1 aromatic carbocycles. The number of amides is 1. The third-order valence-corrected chi connectivity index (χ3v) is 3.92. The highest BCUT2D eigenvalue weighted by molar-refractivity contribution is 6.42. The molecule has 0 saturated heterocycles. The van der Waals surface area contributed by atoms with Crippen molar-refractivity contribution in [3.8, 4) is 0 Å². The first-order valence-corrected chi connectivity index (χ1v) is 7.75. The van der Waals surface area contributed by atoms with Gasteiger partial charge in [0.1, 0.15) is 17.1 Å². The van der Waals surface area contributed by atoms with E-state index in [1.807, 2.05) is 0 Å². The first kappa shape index (κ1) is 18.1. The smallest absolute Gasteiger partial charge is 0.341 e. The molecule has 7 heteroatoms. The van der Waals surface area contributed by atoms with Crippen molar-refractivity contribution >= 4 is 41.2 Å². The minimum absolute atomic E-state index is 0.155. The first-order valence-electron chi connectivity index (χ1n) is 6.99. The van der Waals surface area contributed by atoms with Crippen LogP contribution >= 0.6 is 23.2 Å². The average molecular weight is 368 g/mol.